The van der Waals surface area contributed by atoms with E-state index in [-0.39, 0.29) is 5.91 Å². The first-order valence-corrected chi connectivity index (χ1v) is 6.67. The SMILES string of the molecule is Cc1cccc(C)c1C(C(N)=O)N1CCCCC1=O. The molecule has 1 aliphatic rings. The Kier molecular flexibility index (Phi) is 3.88. The van der Waals surface area contributed by atoms with Gasteiger partial charge in [0.1, 0.15) is 6.04 Å². The molecule has 1 aromatic rings. The highest BCUT2D eigenvalue weighted by molar-refractivity contribution is 5.88. The fourth-order valence-corrected chi connectivity index (χ4v) is 2.81. The third-order valence-electron chi connectivity index (χ3n) is 3.76. The molecule has 0 aliphatic carbocycles. The van der Waals surface area contributed by atoms with Crippen LogP contribution >= 0.6 is 0 Å². The molecule has 0 spiro atoms. The van der Waals surface area contributed by atoms with E-state index in [1.54, 1.807) is 4.90 Å². The number of aryl methyl sites for hydroxylation is 2. The summed E-state index contributed by atoms with van der Waals surface area (Å²) in [5, 5.41) is 0. The normalized spacial score (nSPS) is 17.4. The van der Waals surface area contributed by atoms with Crippen molar-refractivity contribution in [2.24, 2.45) is 5.73 Å². The van der Waals surface area contributed by atoms with E-state index in [0.717, 1.165) is 29.5 Å². The van der Waals surface area contributed by atoms with Crippen LogP contribution in [0.5, 0.6) is 0 Å². The second-order valence-electron chi connectivity index (χ2n) is 5.15. The van der Waals surface area contributed by atoms with E-state index in [0.29, 0.717) is 13.0 Å². The first kappa shape index (κ1) is 13.6. The van der Waals surface area contributed by atoms with Gasteiger partial charge in [0, 0.05) is 13.0 Å². The van der Waals surface area contributed by atoms with Crippen LogP contribution in [-0.2, 0) is 9.59 Å². The molecular formula is C15H20N2O2. The summed E-state index contributed by atoms with van der Waals surface area (Å²) in [6.07, 6.45) is 2.34. The van der Waals surface area contributed by atoms with Gasteiger partial charge in [-0.2, -0.15) is 0 Å². The lowest BCUT2D eigenvalue weighted by Gasteiger charge is -2.34. The molecule has 4 nitrogen and oxygen atoms in total. The second kappa shape index (κ2) is 5.43. The molecule has 1 aromatic carbocycles. The number of nitrogens with zero attached hydrogens (tertiary/aromatic N) is 1. The molecule has 0 bridgehead atoms. The smallest absolute Gasteiger partial charge is 0.244 e. The molecule has 0 radical (unpaired) electrons. The van der Waals surface area contributed by atoms with Crippen LogP contribution in [0.4, 0.5) is 0 Å². The third-order valence-corrected chi connectivity index (χ3v) is 3.76. The van der Waals surface area contributed by atoms with Crippen LogP contribution in [0.15, 0.2) is 18.2 Å². The van der Waals surface area contributed by atoms with Crippen molar-refractivity contribution >= 4 is 11.8 Å². The van der Waals surface area contributed by atoms with E-state index in [2.05, 4.69) is 0 Å². The van der Waals surface area contributed by atoms with E-state index in [9.17, 15) is 9.59 Å². The molecule has 0 saturated carbocycles. The van der Waals surface area contributed by atoms with Gasteiger partial charge in [-0.3, -0.25) is 9.59 Å². The summed E-state index contributed by atoms with van der Waals surface area (Å²) < 4.78 is 0. The molecule has 102 valence electrons. The third kappa shape index (κ3) is 2.62. The van der Waals surface area contributed by atoms with Crippen molar-refractivity contribution < 1.29 is 9.59 Å². The van der Waals surface area contributed by atoms with E-state index in [1.807, 2.05) is 32.0 Å². The fraction of sp³-hybridized carbons (Fsp3) is 0.467. The van der Waals surface area contributed by atoms with Gasteiger partial charge < -0.3 is 10.6 Å². The Labute approximate surface area is 113 Å². The predicted octanol–water partition coefficient (Wildman–Crippen LogP) is 1.84. The number of likely N-dealkylation sites (tertiary alicyclic amines) is 1. The van der Waals surface area contributed by atoms with Crippen molar-refractivity contribution in [1.29, 1.82) is 0 Å². The van der Waals surface area contributed by atoms with Gasteiger partial charge in [0.2, 0.25) is 11.8 Å². The van der Waals surface area contributed by atoms with Crippen LogP contribution < -0.4 is 5.73 Å². The van der Waals surface area contributed by atoms with Gasteiger partial charge in [-0.1, -0.05) is 18.2 Å². The highest BCUT2D eigenvalue weighted by Gasteiger charge is 2.32. The van der Waals surface area contributed by atoms with E-state index in [4.69, 9.17) is 5.73 Å². The zero-order valence-electron chi connectivity index (χ0n) is 11.5. The number of carbonyl (C=O) groups excluding carboxylic acids is 2. The Balaban J connectivity index is 2.45. The second-order valence-corrected chi connectivity index (χ2v) is 5.15. The van der Waals surface area contributed by atoms with Crippen LogP contribution in [0.1, 0.15) is 42.0 Å². The zero-order valence-corrected chi connectivity index (χ0v) is 11.5. The molecule has 2 rings (SSSR count). The number of rotatable bonds is 3. The summed E-state index contributed by atoms with van der Waals surface area (Å²) in [5.41, 5.74) is 8.45. The van der Waals surface area contributed by atoms with Gasteiger partial charge in [-0.15, -0.1) is 0 Å². The predicted molar refractivity (Wildman–Crippen MR) is 73.4 cm³/mol. The molecule has 1 fully saturated rings. The summed E-state index contributed by atoms with van der Waals surface area (Å²) in [5.74, 6) is -0.426. The van der Waals surface area contributed by atoms with Gasteiger partial charge in [-0.05, 0) is 43.4 Å². The van der Waals surface area contributed by atoms with Crippen molar-refractivity contribution in [3.63, 3.8) is 0 Å². The van der Waals surface area contributed by atoms with E-state index < -0.39 is 11.9 Å². The Bertz CT molecular complexity index is 491. The number of primary amides is 1. The Morgan fingerprint density at radius 1 is 1.26 bits per heavy atom. The number of nitrogens with two attached hydrogens (primary N) is 1. The number of benzene rings is 1. The van der Waals surface area contributed by atoms with Crippen LogP contribution in [0, 0.1) is 13.8 Å². The number of hydrogen-bond acceptors (Lipinski definition) is 2. The molecular weight excluding hydrogens is 240 g/mol. The molecule has 1 atom stereocenters. The minimum atomic E-state index is -0.631. The van der Waals surface area contributed by atoms with Crippen molar-refractivity contribution in [2.45, 2.75) is 39.2 Å². The minimum absolute atomic E-state index is 0.0257. The molecule has 1 saturated heterocycles. The van der Waals surface area contributed by atoms with Crippen LogP contribution in [0.2, 0.25) is 0 Å². The van der Waals surface area contributed by atoms with Gasteiger partial charge in [0.15, 0.2) is 0 Å². The van der Waals surface area contributed by atoms with Crippen molar-refractivity contribution in [3.8, 4) is 0 Å². The average Bonchev–Trinajstić information content (AvgIpc) is 2.35. The lowest BCUT2D eigenvalue weighted by atomic mass is 9.93. The fourth-order valence-electron chi connectivity index (χ4n) is 2.81. The van der Waals surface area contributed by atoms with E-state index >= 15 is 0 Å². The molecule has 4 heteroatoms. The highest BCUT2D eigenvalue weighted by Crippen LogP contribution is 2.29. The summed E-state index contributed by atoms with van der Waals surface area (Å²) in [7, 11) is 0. The lowest BCUT2D eigenvalue weighted by Crippen LogP contribution is -2.44. The standard InChI is InChI=1S/C15H20N2O2/c1-10-6-5-7-11(2)13(10)14(15(16)19)17-9-4-3-8-12(17)18/h5-7,14H,3-4,8-9H2,1-2H3,(H2,16,19). The van der Waals surface area contributed by atoms with Crippen molar-refractivity contribution in [1.82, 2.24) is 4.90 Å². The lowest BCUT2D eigenvalue weighted by molar-refractivity contribution is -0.141. The largest absolute Gasteiger partial charge is 0.368 e. The molecule has 19 heavy (non-hydrogen) atoms. The monoisotopic (exact) mass is 260 g/mol. The van der Waals surface area contributed by atoms with Crippen LogP contribution in [-0.4, -0.2) is 23.3 Å². The topological polar surface area (TPSA) is 63.4 Å². The molecule has 2 amide bonds. The first-order chi connectivity index (χ1) is 9.02. The summed E-state index contributed by atoms with van der Waals surface area (Å²) >= 11 is 0. The van der Waals surface area contributed by atoms with Crippen LogP contribution in [0.25, 0.3) is 0 Å². The Morgan fingerprint density at radius 2 is 1.89 bits per heavy atom. The van der Waals surface area contributed by atoms with Crippen molar-refractivity contribution in [3.05, 3.63) is 34.9 Å². The summed E-state index contributed by atoms with van der Waals surface area (Å²) in [6, 6.07) is 5.22. The molecule has 1 heterocycles. The highest BCUT2D eigenvalue weighted by atomic mass is 16.2. The number of hydrogen-bond donors (Lipinski definition) is 1. The van der Waals surface area contributed by atoms with E-state index in [1.165, 1.54) is 0 Å². The number of carbonyl (C=O) groups is 2. The maximum Gasteiger partial charge on any atom is 0.244 e. The summed E-state index contributed by atoms with van der Waals surface area (Å²) in [4.78, 5) is 25.6. The minimum Gasteiger partial charge on any atom is -0.368 e. The summed E-state index contributed by atoms with van der Waals surface area (Å²) in [6.45, 7) is 4.51. The molecule has 1 aliphatic heterocycles. The zero-order chi connectivity index (χ0) is 14.0. The van der Waals surface area contributed by atoms with Crippen LogP contribution in [0.3, 0.4) is 0 Å². The first-order valence-electron chi connectivity index (χ1n) is 6.67. The maximum absolute atomic E-state index is 12.1. The Hall–Kier alpha value is -1.84. The quantitative estimate of drug-likeness (QED) is 0.901. The van der Waals surface area contributed by atoms with Crippen molar-refractivity contribution in [2.75, 3.05) is 6.54 Å². The molecule has 2 N–H and O–H groups in total. The van der Waals surface area contributed by atoms with Gasteiger partial charge in [-0.25, -0.2) is 0 Å². The van der Waals surface area contributed by atoms with Gasteiger partial charge in [0.25, 0.3) is 0 Å². The average molecular weight is 260 g/mol. The number of amides is 2. The molecule has 1 unspecified atom stereocenters. The number of piperidine rings is 1. The van der Waals surface area contributed by atoms with Gasteiger partial charge in [0.05, 0.1) is 0 Å². The van der Waals surface area contributed by atoms with Gasteiger partial charge >= 0.3 is 0 Å². The Morgan fingerprint density at radius 3 is 2.42 bits per heavy atom. The maximum atomic E-state index is 12.1. The molecule has 0 aromatic heterocycles.